The van der Waals surface area contributed by atoms with E-state index in [0.29, 0.717) is 18.7 Å². The number of rotatable bonds is 7. The summed E-state index contributed by atoms with van der Waals surface area (Å²) in [6.07, 6.45) is 0.764. The fraction of sp³-hybridized carbons (Fsp3) is 0.480. The largest absolute Gasteiger partial charge is 0.460 e. The maximum absolute atomic E-state index is 12.9. The molecule has 1 aromatic carbocycles. The summed E-state index contributed by atoms with van der Waals surface area (Å²) < 4.78 is 48.0. The van der Waals surface area contributed by atoms with Crippen molar-refractivity contribution in [1.29, 1.82) is 0 Å². The molecule has 0 spiro atoms. The zero-order chi connectivity index (χ0) is 25.1. The maximum atomic E-state index is 12.9. The second-order valence-corrected chi connectivity index (χ2v) is 10.2. The molecule has 0 bridgehead atoms. The number of nitrogens with zero attached hydrogens (tertiary/aromatic N) is 3. The number of ether oxygens (including phenoxy) is 2. The molecule has 0 aliphatic carbocycles. The second kappa shape index (κ2) is 10.7. The van der Waals surface area contributed by atoms with Crippen LogP contribution in [0.25, 0.3) is 10.9 Å². The predicted octanol–water partition coefficient (Wildman–Crippen LogP) is 4.36. The Kier molecular flexibility index (Phi) is 7.40. The van der Waals surface area contributed by atoms with Gasteiger partial charge in [-0.1, -0.05) is 23.5 Å². The van der Waals surface area contributed by atoms with Crippen molar-refractivity contribution in [3.05, 3.63) is 52.7 Å². The van der Waals surface area contributed by atoms with E-state index < -0.39 is 12.8 Å². The van der Waals surface area contributed by atoms with E-state index in [2.05, 4.69) is 20.2 Å². The quantitative estimate of drug-likeness (QED) is 0.499. The summed E-state index contributed by atoms with van der Waals surface area (Å²) in [5.41, 5.74) is 2.21. The van der Waals surface area contributed by atoms with Gasteiger partial charge in [0.15, 0.2) is 6.61 Å². The summed E-state index contributed by atoms with van der Waals surface area (Å²) in [7, 11) is 0. The van der Waals surface area contributed by atoms with Gasteiger partial charge in [-0.25, -0.2) is 4.98 Å². The number of hydrogen-bond acceptors (Lipinski definition) is 7. The van der Waals surface area contributed by atoms with Crippen LogP contribution in [0.5, 0.6) is 5.19 Å². The van der Waals surface area contributed by atoms with Crippen molar-refractivity contribution in [3.8, 4) is 5.19 Å². The Balaban J connectivity index is 1.06. The molecule has 0 saturated carbocycles. The lowest BCUT2D eigenvalue weighted by Gasteiger charge is -2.32. The fourth-order valence-corrected chi connectivity index (χ4v) is 5.57. The van der Waals surface area contributed by atoms with Crippen LogP contribution in [0, 0.1) is 0 Å². The molecule has 1 amide bonds. The van der Waals surface area contributed by atoms with Crippen molar-refractivity contribution in [2.24, 2.45) is 0 Å². The van der Waals surface area contributed by atoms with E-state index in [1.807, 2.05) is 30.3 Å². The van der Waals surface area contributed by atoms with Gasteiger partial charge in [0.1, 0.15) is 0 Å². The van der Waals surface area contributed by atoms with E-state index in [0.717, 1.165) is 60.2 Å². The number of fused-ring (bicyclic) bond motifs is 2. The van der Waals surface area contributed by atoms with Gasteiger partial charge < -0.3 is 14.8 Å². The number of carbonyl (C=O) groups excluding carboxylic acids is 1. The van der Waals surface area contributed by atoms with Crippen molar-refractivity contribution < 1.29 is 27.4 Å². The smallest absolute Gasteiger partial charge is 0.422 e. The number of carbonyl (C=O) groups is 1. The predicted molar refractivity (Wildman–Crippen MR) is 129 cm³/mol. The minimum Gasteiger partial charge on any atom is -0.460 e. The second-order valence-electron chi connectivity index (χ2n) is 9.15. The van der Waals surface area contributed by atoms with Gasteiger partial charge in [0.05, 0.1) is 30.0 Å². The summed E-state index contributed by atoms with van der Waals surface area (Å²) in [5.74, 6) is -0.119. The molecule has 2 atom stereocenters. The fourth-order valence-electron chi connectivity index (χ4n) is 4.66. The molecular formula is C25H27F3N4O3S. The van der Waals surface area contributed by atoms with Crippen LogP contribution in [0.4, 0.5) is 13.2 Å². The number of thiazole rings is 1. The van der Waals surface area contributed by atoms with Crippen LogP contribution in [0.3, 0.4) is 0 Å². The first-order valence-electron chi connectivity index (χ1n) is 12.0. The average molecular weight is 521 g/mol. The Morgan fingerprint density at radius 1 is 1.25 bits per heavy atom. The Morgan fingerprint density at radius 3 is 2.94 bits per heavy atom. The monoisotopic (exact) mass is 520 g/mol. The number of amides is 1. The molecule has 0 radical (unpaired) electrons. The summed E-state index contributed by atoms with van der Waals surface area (Å²) in [5, 5.41) is 4.01. The zero-order valence-electron chi connectivity index (χ0n) is 19.6. The van der Waals surface area contributed by atoms with Gasteiger partial charge in [-0.2, -0.15) is 13.2 Å². The highest BCUT2D eigenvalue weighted by Crippen LogP contribution is 2.31. The van der Waals surface area contributed by atoms with E-state index in [4.69, 9.17) is 9.47 Å². The highest BCUT2D eigenvalue weighted by Gasteiger charge is 2.30. The van der Waals surface area contributed by atoms with Crippen LogP contribution >= 0.6 is 11.3 Å². The van der Waals surface area contributed by atoms with Gasteiger partial charge in [0.25, 0.3) is 11.1 Å². The van der Waals surface area contributed by atoms with Gasteiger partial charge in [0, 0.05) is 41.7 Å². The number of benzene rings is 1. The summed E-state index contributed by atoms with van der Waals surface area (Å²) in [6.45, 7) is 1.41. The van der Waals surface area contributed by atoms with E-state index in [1.165, 1.54) is 11.3 Å². The van der Waals surface area contributed by atoms with Gasteiger partial charge >= 0.3 is 6.18 Å². The van der Waals surface area contributed by atoms with E-state index in [9.17, 15) is 18.0 Å². The lowest BCUT2D eigenvalue weighted by atomic mass is 10.0. The minimum atomic E-state index is -4.37. The lowest BCUT2D eigenvalue weighted by molar-refractivity contribution is -0.153. The number of hydrogen-bond donors (Lipinski definition) is 1. The van der Waals surface area contributed by atoms with Crippen molar-refractivity contribution in [3.63, 3.8) is 0 Å². The molecular weight excluding hydrogens is 493 g/mol. The maximum Gasteiger partial charge on any atom is 0.422 e. The number of aromatic nitrogens is 2. The van der Waals surface area contributed by atoms with Gasteiger partial charge in [-0.3, -0.25) is 14.7 Å². The summed E-state index contributed by atoms with van der Waals surface area (Å²) in [6, 6.07) is 9.22. The first-order valence-corrected chi connectivity index (χ1v) is 12.8. The molecule has 2 aliphatic heterocycles. The van der Waals surface area contributed by atoms with Crippen LogP contribution in [0.1, 0.15) is 40.2 Å². The highest BCUT2D eigenvalue weighted by molar-refractivity contribution is 7.13. The van der Waals surface area contributed by atoms with Gasteiger partial charge in [-0.05, 0) is 43.9 Å². The molecule has 0 unspecified atom stereocenters. The van der Waals surface area contributed by atoms with Crippen molar-refractivity contribution in [2.75, 3.05) is 26.3 Å². The molecule has 1 N–H and O–H groups in total. The topological polar surface area (TPSA) is 76.6 Å². The van der Waals surface area contributed by atoms with Crippen LogP contribution in [-0.4, -0.2) is 65.4 Å². The molecule has 5 rings (SSSR count). The summed E-state index contributed by atoms with van der Waals surface area (Å²) >= 11 is 1.21. The lowest BCUT2D eigenvalue weighted by Crippen LogP contribution is -2.43. The van der Waals surface area contributed by atoms with Crippen molar-refractivity contribution in [1.82, 2.24) is 20.2 Å². The Labute approximate surface area is 210 Å². The Bertz CT molecular complexity index is 1210. The number of alkyl halides is 3. The number of halogens is 3. The standard InChI is InChI=1S/C25H27F3N4O3S/c26-25(27,28)15-35-24-31-21-13-32(12-9-22(21)36-24)11-8-17-7-6-16(14-34-17)30-23(33)19-3-1-5-20-18(19)4-2-10-29-20/h1-5,10,16-17H,6-9,11-15H2,(H,30,33)/t16-,17+/m1/s1. The normalized spacial score (nSPS) is 20.8. The van der Waals surface area contributed by atoms with E-state index in [-0.39, 0.29) is 23.2 Å². The number of pyridine rings is 1. The van der Waals surface area contributed by atoms with Crippen LogP contribution in [0.15, 0.2) is 36.5 Å². The molecule has 192 valence electrons. The third-order valence-electron chi connectivity index (χ3n) is 6.51. The van der Waals surface area contributed by atoms with Crippen LogP contribution in [0.2, 0.25) is 0 Å². The molecule has 11 heteroatoms. The van der Waals surface area contributed by atoms with E-state index >= 15 is 0 Å². The zero-order valence-corrected chi connectivity index (χ0v) is 20.4. The summed E-state index contributed by atoms with van der Waals surface area (Å²) in [4.78, 5) is 24.7. The van der Waals surface area contributed by atoms with Gasteiger partial charge in [0.2, 0.25) is 0 Å². The Morgan fingerprint density at radius 2 is 2.14 bits per heavy atom. The highest BCUT2D eigenvalue weighted by atomic mass is 32.1. The SMILES string of the molecule is O=C(N[C@@H]1CC[C@@H](CCN2CCc3sc(OCC(F)(F)F)nc3C2)OC1)c1cccc2ncccc12. The van der Waals surface area contributed by atoms with Crippen molar-refractivity contribution in [2.45, 2.75) is 50.6 Å². The molecule has 1 fully saturated rings. The molecule has 4 heterocycles. The average Bonchev–Trinajstić information content (AvgIpc) is 3.29. The van der Waals surface area contributed by atoms with Crippen molar-refractivity contribution >= 4 is 28.1 Å². The van der Waals surface area contributed by atoms with E-state index in [1.54, 1.807) is 6.20 Å². The Hall–Kier alpha value is -2.76. The third-order valence-corrected chi connectivity index (χ3v) is 7.58. The first-order chi connectivity index (χ1) is 17.3. The van der Waals surface area contributed by atoms with Crippen LogP contribution in [-0.2, 0) is 17.7 Å². The third kappa shape index (κ3) is 6.13. The van der Waals surface area contributed by atoms with Crippen LogP contribution < -0.4 is 10.1 Å². The molecule has 2 aromatic heterocycles. The molecule has 1 saturated heterocycles. The minimum absolute atomic E-state index is 0.0386. The number of nitrogens with one attached hydrogen (secondary N) is 1. The molecule has 36 heavy (non-hydrogen) atoms. The molecule has 2 aliphatic rings. The molecule has 7 nitrogen and oxygen atoms in total. The molecule has 3 aromatic rings. The first kappa shape index (κ1) is 24.9. The van der Waals surface area contributed by atoms with Gasteiger partial charge in [-0.15, -0.1) is 0 Å².